The van der Waals surface area contributed by atoms with Crippen molar-refractivity contribution in [3.05, 3.63) is 34.8 Å². The molecule has 0 saturated carbocycles. The van der Waals surface area contributed by atoms with Crippen molar-refractivity contribution in [1.82, 2.24) is 9.97 Å². The second-order valence-corrected chi connectivity index (χ2v) is 8.82. The first-order valence-corrected chi connectivity index (χ1v) is 11.6. The van der Waals surface area contributed by atoms with Crippen LogP contribution in [0.25, 0.3) is 10.6 Å². The molecule has 7 nitrogen and oxygen atoms in total. The molecule has 3 N–H and O–H groups in total. The maximum absolute atomic E-state index is 11.6. The fourth-order valence-electron chi connectivity index (χ4n) is 2.94. The van der Waals surface area contributed by atoms with E-state index in [2.05, 4.69) is 24.1 Å². The van der Waals surface area contributed by atoms with Crippen molar-refractivity contribution in [3.63, 3.8) is 0 Å². The Kier molecular flexibility index (Phi) is 6.94. The van der Waals surface area contributed by atoms with Gasteiger partial charge in [0.1, 0.15) is 5.75 Å². The third-order valence-electron chi connectivity index (χ3n) is 4.42. The predicted molar refractivity (Wildman–Crippen MR) is 126 cm³/mol. The summed E-state index contributed by atoms with van der Waals surface area (Å²) in [6, 6.07) is 5.10. The number of hydrogen-bond donors (Lipinski definition) is 2. The Hall–Kier alpha value is -2.65. The van der Waals surface area contributed by atoms with Crippen LogP contribution in [0, 0.1) is 6.92 Å². The number of nitrogens with one attached hydrogen (secondary N) is 1. The summed E-state index contributed by atoms with van der Waals surface area (Å²) in [5.41, 5.74) is 8.36. The highest BCUT2D eigenvalue weighted by Gasteiger charge is 2.17. The summed E-state index contributed by atoms with van der Waals surface area (Å²) in [5, 5.41) is 7.01. The minimum atomic E-state index is -0.488. The fraction of sp³-hybridized carbons (Fsp3) is 0.381. The van der Waals surface area contributed by atoms with Gasteiger partial charge in [0.2, 0.25) is 5.91 Å². The van der Waals surface area contributed by atoms with Gasteiger partial charge in [0.25, 0.3) is 0 Å². The maximum Gasteiger partial charge on any atom is 0.248 e. The van der Waals surface area contributed by atoms with Crippen LogP contribution in [0.4, 0.5) is 16.0 Å². The second-order valence-electron chi connectivity index (χ2n) is 6.99. The number of hydrogen-bond acceptors (Lipinski definition) is 8. The zero-order valence-electron chi connectivity index (χ0n) is 17.9. The van der Waals surface area contributed by atoms with Gasteiger partial charge in [0.15, 0.2) is 10.3 Å². The molecule has 30 heavy (non-hydrogen) atoms. The van der Waals surface area contributed by atoms with Gasteiger partial charge in [-0.15, -0.1) is 11.3 Å². The number of anilines is 3. The van der Waals surface area contributed by atoms with E-state index in [9.17, 15) is 4.79 Å². The van der Waals surface area contributed by atoms with E-state index in [-0.39, 0.29) is 6.10 Å². The van der Waals surface area contributed by atoms with Crippen LogP contribution in [-0.2, 0) is 0 Å². The largest absolute Gasteiger partial charge is 0.489 e. The fourth-order valence-corrected chi connectivity index (χ4v) is 4.88. The van der Waals surface area contributed by atoms with Crippen molar-refractivity contribution in [2.45, 2.75) is 40.7 Å². The molecule has 0 aliphatic carbocycles. The monoisotopic (exact) mass is 445 g/mol. The molecule has 0 unspecified atom stereocenters. The van der Waals surface area contributed by atoms with Crippen LogP contribution in [0.15, 0.2) is 23.6 Å². The van der Waals surface area contributed by atoms with Crippen molar-refractivity contribution in [3.8, 4) is 16.3 Å². The number of carbonyl (C=O) groups excluding carboxylic acids is 1. The van der Waals surface area contributed by atoms with E-state index in [1.54, 1.807) is 29.5 Å². The summed E-state index contributed by atoms with van der Waals surface area (Å²) in [5.74, 6) is 0.155. The first-order valence-electron chi connectivity index (χ1n) is 9.88. The van der Waals surface area contributed by atoms with Crippen molar-refractivity contribution in [2.24, 2.45) is 5.73 Å². The molecule has 9 heteroatoms. The van der Waals surface area contributed by atoms with E-state index in [1.807, 2.05) is 26.2 Å². The van der Waals surface area contributed by atoms with Gasteiger partial charge < -0.3 is 20.7 Å². The Morgan fingerprint density at radius 2 is 2.00 bits per heavy atom. The molecule has 1 aromatic carbocycles. The molecule has 3 aromatic rings. The van der Waals surface area contributed by atoms with Crippen LogP contribution in [0.1, 0.15) is 43.7 Å². The molecule has 1 amide bonds. The highest BCUT2D eigenvalue weighted by atomic mass is 32.1. The average Bonchev–Trinajstić information content (AvgIpc) is 3.30. The standard InChI is InChI=1S/C21H27N5O2S2/c1-6-26(7-2)21-23-13(5)18(30-21)16-11-29-20(25-16)24-15-10-14(19(22)27)8-9-17(15)28-12(3)4/h8-12H,6-7H2,1-5H3,(H2,22,27)(H,24,25). The van der Waals surface area contributed by atoms with Crippen molar-refractivity contribution in [1.29, 1.82) is 0 Å². The quantitative estimate of drug-likeness (QED) is 0.479. The Balaban J connectivity index is 1.89. The van der Waals surface area contributed by atoms with Gasteiger partial charge in [-0.25, -0.2) is 9.97 Å². The van der Waals surface area contributed by atoms with Gasteiger partial charge in [-0.1, -0.05) is 11.3 Å². The van der Waals surface area contributed by atoms with Gasteiger partial charge in [-0.3, -0.25) is 4.79 Å². The zero-order valence-corrected chi connectivity index (χ0v) is 19.5. The number of primary amides is 1. The molecule has 0 spiro atoms. The zero-order chi connectivity index (χ0) is 21.8. The number of carbonyl (C=O) groups is 1. The molecule has 0 bridgehead atoms. The summed E-state index contributed by atoms with van der Waals surface area (Å²) < 4.78 is 5.87. The summed E-state index contributed by atoms with van der Waals surface area (Å²) in [6.45, 7) is 12.0. The molecule has 3 rings (SSSR count). The molecular weight excluding hydrogens is 418 g/mol. The van der Waals surface area contributed by atoms with Crippen molar-refractivity contribution >= 4 is 44.5 Å². The first-order chi connectivity index (χ1) is 14.3. The molecule has 0 saturated heterocycles. The lowest BCUT2D eigenvalue weighted by Gasteiger charge is -2.16. The van der Waals surface area contributed by atoms with Crippen LogP contribution in [0.2, 0.25) is 0 Å². The van der Waals surface area contributed by atoms with Crippen LogP contribution in [0.3, 0.4) is 0 Å². The molecular formula is C21H27N5O2S2. The van der Waals surface area contributed by atoms with E-state index in [1.165, 1.54) is 11.3 Å². The van der Waals surface area contributed by atoms with E-state index in [0.717, 1.165) is 34.5 Å². The van der Waals surface area contributed by atoms with Crippen molar-refractivity contribution < 1.29 is 9.53 Å². The lowest BCUT2D eigenvalue weighted by atomic mass is 10.1. The Labute approximate surface area is 184 Å². The number of nitrogens with zero attached hydrogens (tertiary/aromatic N) is 3. The highest BCUT2D eigenvalue weighted by molar-refractivity contribution is 7.19. The molecule has 2 aromatic heterocycles. The van der Waals surface area contributed by atoms with E-state index >= 15 is 0 Å². The van der Waals surface area contributed by atoms with Gasteiger partial charge >= 0.3 is 0 Å². The third kappa shape index (κ3) is 4.91. The predicted octanol–water partition coefficient (Wildman–Crippen LogP) is 5.05. The lowest BCUT2D eigenvalue weighted by Crippen LogP contribution is -2.21. The molecule has 0 aliphatic rings. The lowest BCUT2D eigenvalue weighted by molar-refractivity contribution is 0.100. The first kappa shape index (κ1) is 22.0. The number of thiazole rings is 2. The third-order valence-corrected chi connectivity index (χ3v) is 6.42. The number of nitrogens with two attached hydrogens (primary N) is 1. The Morgan fingerprint density at radius 1 is 1.27 bits per heavy atom. The highest BCUT2D eigenvalue weighted by Crippen LogP contribution is 2.37. The maximum atomic E-state index is 11.6. The van der Waals surface area contributed by atoms with E-state index in [0.29, 0.717) is 22.1 Å². The number of ether oxygens (including phenoxy) is 1. The topological polar surface area (TPSA) is 93.4 Å². The molecule has 160 valence electrons. The van der Waals surface area contributed by atoms with Gasteiger partial charge in [0, 0.05) is 24.0 Å². The number of rotatable bonds is 9. The van der Waals surface area contributed by atoms with Gasteiger partial charge in [-0.05, 0) is 52.8 Å². The summed E-state index contributed by atoms with van der Waals surface area (Å²) in [6.07, 6.45) is -0.00447. The number of aryl methyl sites for hydroxylation is 1. The minimum Gasteiger partial charge on any atom is -0.489 e. The molecule has 0 fully saturated rings. The minimum absolute atomic E-state index is 0.00447. The van der Waals surface area contributed by atoms with Crippen LogP contribution in [-0.4, -0.2) is 35.1 Å². The van der Waals surface area contributed by atoms with E-state index in [4.69, 9.17) is 20.4 Å². The van der Waals surface area contributed by atoms with Gasteiger partial charge in [-0.2, -0.15) is 0 Å². The number of aromatic nitrogens is 2. The van der Waals surface area contributed by atoms with Crippen molar-refractivity contribution in [2.75, 3.05) is 23.3 Å². The van der Waals surface area contributed by atoms with Crippen LogP contribution >= 0.6 is 22.7 Å². The summed E-state index contributed by atoms with van der Waals surface area (Å²) >= 11 is 3.14. The Bertz CT molecular complexity index is 1020. The normalized spacial score (nSPS) is 11.0. The average molecular weight is 446 g/mol. The Morgan fingerprint density at radius 3 is 2.63 bits per heavy atom. The molecule has 0 radical (unpaired) electrons. The molecule has 2 heterocycles. The van der Waals surface area contributed by atoms with E-state index < -0.39 is 5.91 Å². The number of amides is 1. The van der Waals surface area contributed by atoms with Crippen LogP contribution in [0.5, 0.6) is 5.75 Å². The molecule has 0 atom stereocenters. The van der Waals surface area contributed by atoms with Crippen LogP contribution < -0.4 is 20.7 Å². The summed E-state index contributed by atoms with van der Waals surface area (Å²) in [4.78, 5) is 24.4. The summed E-state index contributed by atoms with van der Waals surface area (Å²) in [7, 11) is 0. The smallest absolute Gasteiger partial charge is 0.248 e. The van der Waals surface area contributed by atoms with Gasteiger partial charge in [0.05, 0.1) is 28.1 Å². The molecule has 0 aliphatic heterocycles. The number of benzene rings is 1. The SMILES string of the molecule is CCN(CC)c1nc(C)c(-c2csc(Nc3cc(C(N)=O)ccc3OC(C)C)n2)s1. The second kappa shape index (κ2) is 9.44.